The van der Waals surface area contributed by atoms with Gasteiger partial charge >= 0.3 is 0 Å². The molecule has 0 atom stereocenters. The summed E-state index contributed by atoms with van der Waals surface area (Å²) in [6.45, 7) is 0. The highest BCUT2D eigenvalue weighted by atomic mass is 32.1. The molecule has 0 bridgehead atoms. The predicted octanol–water partition coefficient (Wildman–Crippen LogP) is 3.25. The van der Waals surface area contributed by atoms with Gasteiger partial charge in [-0.1, -0.05) is 17.4 Å². The largest absolute Gasteiger partial charge is 0.493 e. The average Bonchev–Trinajstić information content (AvgIpc) is 3.36. The van der Waals surface area contributed by atoms with Gasteiger partial charge in [-0.15, -0.1) is 15.3 Å². The molecule has 0 saturated heterocycles. The Hall–Kier alpha value is -2.87. The van der Waals surface area contributed by atoms with Gasteiger partial charge in [0.2, 0.25) is 4.96 Å². The Balaban J connectivity index is 1.55. The summed E-state index contributed by atoms with van der Waals surface area (Å²) in [6, 6.07) is 9.64. The first-order valence-corrected chi connectivity index (χ1v) is 8.56. The van der Waals surface area contributed by atoms with Crippen molar-refractivity contribution in [1.82, 2.24) is 19.8 Å². The maximum absolute atomic E-state index is 5.40. The van der Waals surface area contributed by atoms with E-state index >= 15 is 0 Å². The van der Waals surface area contributed by atoms with E-state index < -0.39 is 0 Å². The van der Waals surface area contributed by atoms with E-state index in [1.807, 2.05) is 30.3 Å². The molecule has 0 spiro atoms. The standard InChI is InChI=1S/C17H16N4O3S/c1-22-12-7-5-11(10-14(12)23-2)6-8-15-18-19-17-21(15)20-16(25-17)13-4-3-9-24-13/h3-5,7,9-10H,6,8H2,1-2H3. The summed E-state index contributed by atoms with van der Waals surface area (Å²) in [4.78, 5) is 0.758. The number of hydrogen-bond acceptors (Lipinski definition) is 7. The minimum atomic E-state index is 0.720. The quantitative estimate of drug-likeness (QED) is 0.528. The Bertz CT molecular complexity index is 991. The van der Waals surface area contributed by atoms with Gasteiger partial charge < -0.3 is 13.9 Å². The number of furan rings is 1. The fraction of sp³-hybridized carbons (Fsp3) is 0.235. The zero-order valence-electron chi connectivity index (χ0n) is 13.8. The normalized spacial score (nSPS) is 11.1. The highest BCUT2D eigenvalue weighted by Crippen LogP contribution is 2.28. The molecule has 3 heterocycles. The first kappa shape index (κ1) is 15.6. The average molecular weight is 356 g/mol. The van der Waals surface area contributed by atoms with Crippen LogP contribution >= 0.6 is 11.3 Å². The summed E-state index contributed by atoms with van der Waals surface area (Å²) < 4.78 is 17.8. The van der Waals surface area contributed by atoms with Crippen LogP contribution in [0.3, 0.4) is 0 Å². The molecule has 0 aliphatic heterocycles. The van der Waals surface area contributed by atoms with E-state index in [0.717, 1.165) is 51.5 Å². The van der Waals surface area contributed by atoms with Crippen molar-refractivity contribution in [3.05, 3.63) is 48.0 Å². The molecule has 3 aromatic heterocycles. The lowest BCUT2D eigenvalue weighted by Gasteiger charge is -2.09. The lowest BCUT2D eigenvalue weighted by molar-refractivity contribution is 0.354. The first-order chi connectivity index (χ1) is 12.3. The van der Waals surface area contributed by atoms with Crippen molar-refractivity contribution in [2.75, 3.05) is 14.2 Å². The SMILES string of the molecule is COc1ccc(CCc2nnc3sc(-c4ccco4)nn23)cc1OC. The Labute approximate surface area is 147 Å². The van der Waals surface area contributed by atoms with Gasteiger partial charge in [0.05, 0.1) is 20.5 Å². The molecule has 128 valence electrons. The fourth-order valence-electron chi connectivity index (χ4n) is 2.61. The molecule has 1 aromatic carbocycles. The van der Waals surface area contributed by atoms with E-state index in [2.05, 4.69) is 15.3 Å². The third-order valence-corrected chi connectivity index (χ3v) is 4.79. The molecule has 0 N–H and O–H groups in total. The van der Waals surface area contributed by atoms with Crippen molar-refractivity contribution in [2.24, 2.45) is 0 Å². The van der Waals surface area contributed by atoms with Crippen molar-refractivity contribution in [2.45, 2.75) is 12.8 Å². The van der Waals surface area contributed by atoms with Gasteiger partial charge in [0, 0.05) is 6.42 Å². The van der Waals surface area contributed by atoms with Crippen LogP contribution in [0.1, 0.15) is 11.4 Å². The molecule has 4 aromatic rings. The maximum atomic E-state index is 5.40. The van der Waals surface area contributed by atoms with Gasteiger partial charge in [-0.2, -0.15) is 4.52 Å². The molecule has 0 unspecified atom stereocenters. The Morgan fingerprint density at radius 2 is 1.96 bits per heavy atom. The van der Waals surface area contributed by atoms with E-state index in [9.17, 15) is 0 Å². The second-order valence-corrected chi connectivity index (χ2v) is 6.34. The van der Waals surface area contributed by atoms with Gasteiger partial charge in [-0.25, -0.2) is 0 Å². The van der Waals surface area contributed by atoms with Gasteiger partial charge in [0.25, 0.3) is 0 Å². The number of rotatable bonds is 6. The van der Waals surface area contributed by atoms with E-state index in [1.165, 1.54) is 11.3 Å². The smallest absolute Gasteiger partial charge is 0.235 e. The number of hydrogen-bond donors (Lipinski definition) is 0. The molecule has 8 heteroatoms. The monoisotopic (exact) mass is 356 g/mol. The molecule has 0 saturated carbocycles. The first-order valence-electron chi connectivity index (χ1n) is 7.74. The number of nitrogens with zero attached hydrogens (tertiary/aromatic N) is 4. The number of fused-ring (bicyclic) bond motifs is 1. The van der Waals surface area contributed by atoms with Crippen molar-refractivity contribution in [3.8, 4) is 22.3 Å². The van der Waals surface area contributed by atoms with Gasteiger partial charge in [0.1, 0.15) is 0 Å². The highest BCUT2D eigenvalue weighted by molar-refractivity contribution is 7.19. The number of aryl methyl sites for hydroxylation is 2. The summed E-state index contributed by atoms with van der Waals surface area (Å²) in [5.74, 6) is 3.00. The van der Waals surface area contributed by atoms with Crippen LogP contribution in [0.5, 0.6) is 11.5 Å². The maximum Gasteiger partial charge on any atom is 0.235 e. The second-order valence-electron chi connectivity index (χ2n) is 5.38. The van der Waals surface area contributed by atoms with E-state index in [0.29, 0.717) is 0 Å². The Morgan fingerprint density at radius 1 is 1.08 bits per heavy atom. The van der Waals surface area contributed by atoms with Crippen LogP contribution < -0.4 is 9.47 Å². The predicted molar refractivity (Wildman–Crippen MR) is 93.3 cm³/mol. The van der Waals surface area contributed by atoms with E-state index in [-0.39, 0.29) is 0 Å². The van der Waals surface area contributed by atoms with Crippen LogP contribution in [0, 0.1) is 0 Å². The highest BCUT2D eigenvalue weighted by Gasteiger charge is 2.14. The van der Waals surface area contributed by atoms with Gasteiger partial charge in [0.15, 0.2) is 28.1 Å². The van der Waals surface area contributed by atoms with Crippen molar-refractivity contribution in [3.63, 3.8) is 0 Å². The minimum Gasteiger partial charge on any atom is -0.493 e. The number of aromatic nitrogens is 4. The Kier molecular flexibility index (Phi) is 4.10. The number of benzene rings is 1. The van der Waals surface area contributed by atoms with Gasteiger partial charge in [-0.05, 0) is 36.2 Å². The molecular formula is C17H16N4O3S. The molecule has 0 radical (unpaired) electrons. The number of ether oxygens (including phenoxy) is 2. The molecule has 0 fully saturated rings. The third-order valence-electron chi connectivity index (χ3n) is 3.87. The van der Waals surface area contributed by atoms with Crippen LogP contribution in [0.15, 0.2) is 41.0 Å². The van der Waals surface area contributed by atoms with Gasteiger partial charge in [-0.3, -0.25) is 0 Å². The van der Waals surface area contributed by atoms with Crippen molar-refractivity contribution in [1.29, 1.82) is 0 Å². The van der Waals surface area contributed by atoms with Crippen LogP contribution in [0.25, 0.3) is 15.7 Å². The summed E-state index contributed by atoms with van der Waals surface area (Å²) in [7, 11) is 3.26. The molecule has 0 aliphatic rings. The summed E-state index contributed by atoms with van der Waals surface area (Å²) >= 11 is 1.46. The third kappa shape index (κ3) is 2.96. The molecule has 7 nitrogen and oxygen atoms in total. The van der Waals surface area contributed by atoms with Crippen molar-refractivity contribution >= 4 is 16.3 Å². The minimum absolute atomic E-state index is 0.720. The lowest BCUT2D eigenvalue weighted by atomic mass is 10.1. The topological polar surface area (TPSA) is 74.7 Å². The zero-order valence-corrected chi connectivity index (χ0v) is 14.6. The zero-order chi connectivity index (χ0) is 17.2. The Morgan fingerprint density at radius 3 is 2.72 bits per heavy atom. The molecule has 0 amide bonds. The summed E-state index contributed by atoms with van der Waals surface area (Å²) in [6.07, 6.45) is 3.16. The molecule has 4 rings (SSSR count). The van der Waals surface area contributed by atoms with Crippen LogP contribution in [0.2, 0.25) is 0 Å². The lowest BCUT2D eigenvalue weighted by Crippen LogP contribution is -2.00. The molecular weight excluding hydrogens is 340 g/mol. The van der Waals surface area contributed by atoms with Crippen LogP contribution in [-0.4, -0.2) is 34.0 Å². The fourth-order valence-corrected chi connectivity index (χ4v) is 3.43. The van der Waals surface area contributed by atoms with E-state index in [1.54, 1.807) is 25.0 Å². The van der Waals surface area contributed by atoms with Crippen molar-refractivity contribution < 1.29 is 13.9 Å². The van der Waals surface area contributed by atoms with Crippen LogP contribution in [0.4, 0.5) is 0 Å². The summed E-state index contributed by atoms with van der Waals surface area (Å²) in [5.41, 5.74) is 1.14. The van der Waals surface area contributed by atoms with E-state index in [4.69, 9.17) is 13.9 Å². The van der Waals surface area contributed by atoms with Crippen LogP contribution in [-0.2, 0) is 12.8 Å². The molecule has 0 aliphatic carbocycles. The molecule has 25 heavy (non-hydrogen) atoms. The summed E-state index contributed by atoms with van der Waals surface area (Å²) in [5, 5.41) is 13.8. The number of methoxy groups -OCH3 is 2. The second kappa shape index (κ2) is 6.56.